The lowest BCUT2D eigenvalue weighted by molar-refractivity contribution is -0.114. The van der Waals surface area contributed by atoms with Crippen LogP contribution in [0.5, 0.6) is 0 Å². The topological polar surface area (TPSA) is 80.3 Å². The molecule has 1 rings (SSSR count). The Morgan fingerprint density at radius 2 is 2.21 bits per heavy atom. The highest BCUT2D eigenvalue weighted by Gasteiger charge is 2.10. The van der Waals surface area contributed by atoms with E-state index < -0.39 is 0 Å². The van der Waals surface area contributed by atoms with E-state index in [0.29, 0.717) is 24.0 Å². The minimum Gasteiger partial charge on any atom is -0.379 e. The number of nitrogens with one attached hydrogen (secondary N) is 2. The Morgan fingerprint density at radius 3 is 2.84 bits per heavy atom. The summed E-state index contributed by atoms with van der Waals surface area (Å²) in [5.74, 6) is -0.440. The lowest BCUT2D eigenvalue weighted by Gasteiger charge is -2.07. The fourth-order valence-corrected chi connectivity index (χ4v) is 2.01. The maximum atomic E-state index is 11.7. The smallest absolute Gasteiger partial charge is 0.270 e. The number of hydrogen-bond donors (Lipinski definition) is 2. The molecule has 0 fully saturated rings. The molecule has 0 atom stereocenters. The highest BCUT2D eigenvalue weighted by Crippen LogP contribution is 2.14. The van der Waals surface area contributed by atoms with Gasteiger partial charge in [-0.2, -0.15) is 0 Å². The van der Waals surface area contributed by atoms with Crippen LogP contribution in [-0.2, 0) is 9.53 Å². The van der Waals surface area contributed by atoms with E-state index in [-0.39, 0.29) is 17.9 Å². The molecule has 106 valence electrons. The molecule has 0 aromatic carbocycles. The number of rotatable bonds is 7. The average Bonchev–Trinajstić information content (AvgIpc) is 2.75. The largest absolute Gasteiger partial charge is 0.379 e. The third-order valence-electron chi connectivity index (χ3n) is 2.08. The van der Waals surface area contributed by atoms with Crippen LogP contribution in [0, 0.1) is 0 Å². The van der Waals surface area contributed by atoms with E-state index in [1.165, 1.54) is 18.3 Å². The van der Waals surface area contributed by atoms with Crippen LogP contribution in [0.3, 0.4) is 0 Å². The Kier molecular flexibility index (Phi) is 6.44. The molecule has 1 aromatic heterocycles. The summed E-state index contributed by atoms with van der Waals surface area (Å²) in [4.78, 5) is 26.6. The standard InChI is InChI=1S/C12H19N3O3S/c1-8(2)18-6-4-5-13-11(17)10-7-19-12(15-10)14-9(3)16/h7-8H,4-6H2,1-3H3,(H,13,17)(H,14,15,16). The van der Waals surface area contributed by atoms with Gasteiger partial charge in [-0.1, -0.05) is 0 Å². The monoisotopic (exact) mass is 285 g/mol. The van der Waals surface area contributed by atoms with Crippen molar-refractivity contribution in [2.45, 2.75) is 33.3 Å². The number of hydrogen-bond acceptors (Lipinski definition) is 5. The Balaban J connectivity index is 2.29. The van der Waals surface area contributed by atoms with E-state index in [9.17, 15) is 9.59 Å². The Hall–Kier alpha value is -1.47. The predicted molar refractivity (Wildman–Crippen MR) is 74.5 cm³/mol. The van der Waals surface area contributed by atoms with Gasteiger partial charge in [-0.25, -0.2) is 4.98 Å². The van der Waals surface area contributed by atoms with E-state index in [4.69, 9.17) is 4.74 Å². The predicted octanol–water partition coefficient (Wildman–Crippen LogP) is 1.65. The molecule has 0 saturated heterocycles. The van der Waals surface area contributed by atoms with Crippen LogP contribution in [0.4, 0.5) is 5.13 Å². The summed E-state index contributed by atoms with van der Waals surface area (Å²) in [7, 11) is 0. The minimum atomic E-state index is -0.239. The second-order valence-corrected chi connectivity index (χ2v) is 5.11. The number of aromatic nitrogens is 1. The van der Waals surface area contributed by atoms with Gasteiger partial charge in [0.1, 0.15) is 5.69 Å². The Morgan fingerprint density at radius 1 is 1.47 bits per heavy atom. The maximum absolute atomic E-state index is 11.7. The molecule has 0 spiro atoms. The SMILES string of the molecule is CC(=O)Nc1nc(C(=O)NCCCOC(C)C)cs1. The first kappa shape index (κ1) is 15.6. The van der Waals surface area contributed by atoms with Crippen molar-refractivity contribution in [2.75, 3.05) is 18.5 Å². The molecule has 2 amide bonds. The summed E-state index contributed by atoms with van der Waals surface area (Å²) < 4.78 is 5.36. The molecular formula is C12H19N3O3S. The number of thiazole rings is 1. The van der Waals surface area contributed by atoms with Crippen LogP contribution >= 0.6 is 11.3 Å². The first-order valence-corrected chi connectivity index (χ1v) is 7.00. The van der Waals surface area contributed by atoms with Gasteiger partial charge in [-0.3, -0.25) is 9.59 Å². The van der Waals surface area contributed by atoms with Gasteiger partial charge in [0, 0.05) is 25.5 Å². The van der Waals surface area contributed by atoms with Gasteiger partial charge in [0.2, 0.25) is 5.91 Å². The van der Waals surface area contributed by atoms with Crippen LogP contribution < -0.4 is 10.6 Å². The molecule has 19 heavy (non-hydrogen) atoms. The third kappa shape index (κ3) is 6.30. The van der Waals surface area contributed by atoms with Gasteiger partial charge in [0.15, 0.2) is 5.13 Å². The minimum absolute atomic E-state index is 0.202. The molecule has 0 aliphatic rings. The first-order chi connectivity index (χ1) is 8.99. The number of nitrogens with zero attached hydrogens (tertiary/aromatic N) is 1. The summed E-state index contributed by atoms with van der Waals surface area (Å²) in [6.45, 7) is 6.50. The quantitative estimate of drug-likeness (QED) is 0.746. The zero-order valence-corrected chi connectivity index (χ0v) is 12.2. The molecule has 0 bridgehead atoms. The molecule has 7 heteroatoms. The number of carbonyl (C=O) groups is 2. The van der Waals surface area contributed by atoms with E-state index in [0.717, 1.165) is 6.42 Å². The van der Waals surface area contributed by atoms with Gasteiger partial charge < -0.3 is 15.4 Å². The second kappa shape index (κ2) is 7.85. The number of amides is 2. The summed E-state index contributed by atoms with van der Waals surface area (Å²) >= 11 is 1.23. The van der Waals surface area contributed by atoms with Crippen molar-refractivity contribution in [1.29, 1.82) is 0 Å². The Bertz CT molecular complexity index is 432. The van der Waals surface area contributed by atoms with Gasteiger partial charge in [0.05, 0.1) is 6.10 Å². The summed E-state index contributed by atoms with van der Waals surface area (Å²) in [5, 5.41) is 7.34. The molecule has 1 heterocycles. The van der Waals surface area contributed by atoms with E-state index in [1.807, 2.05) is 13.8 Å². The number of ether oxygens (including phenoxy) is 1. The van der Waals surface area contributed by atoms with Gasteiger partial charge in [0.25, 0.3) is 5.91 Å². The summed E-state index contributed by atoms with van der Waals surface area (Å²) in [5.41, 5.74) is 0.318. The molecule has 0 radical (unpaired) electrons. The van der Waals surface area contributed by atoms with Crippen LogP contribution in [0.2, 0.25) is 0 Å². The van der Waals surface area contributed by atoms with Crippen molar-refractivity contribution in [2.24, 2.45) is 0 Å². The van der Waals surface area contributed by atoms with E-state index in [2.05, 4.69) is 15.6 Å². The molecule has 0 unspecified atom stereocenters. The van der Waals surface area contributed by atoms with Crippen LogP contribution in [0.15, 0.2) is 5.38 Å². The van der Waals surface area contributed by atoms with Crippen LogP contribution in [0.1, 0.15) is 37.7 Å². The average molecular weight is 285 g/mol. The molecule has 6 nitrogen and oxygen atoms in total. The fourth-order valence-electron chi connectivity index (χ4n) is 1.27. The molecular weight excluding hydrogens is 266 g/mol. The van der Waals surface area contributed by atoms with E-state index in [1.54, 1.807) is 5.38 Å². The summed E-state index contributed by atoms with van der Waals surface area (Å²) in [6.07, 6.45) is 0.960. The zero-order valence-electron chi connectivity index (χ0n) is 11.4. The summed E-state index contributed by atoms with van der Waals surface area (Å²) in [6, 6.07) is 0. The van der Waals surface area contributed by atoms with Gasteiger partial charge in [-0.05, 0) is 20.3 Å². The maximum Gasteiger partial charge on any atom is 0.270 e. The van der Waals surface area contributed by atoms with Crippen molar-refractivity contribution in [1.82, 2.24) is 10.3 Å². The lowest BCUT2D eigenvalue weighted by Crippen LogP contribution is -2.25. The van der Waals surface area contributed by atoms with Crippen molar-refractivity contribution >= 4 is 28.3 Å². The normalized spacial score (nSPS) is 10.5. The van der Waals surface area contributed by atoms with Crippen molar-refractivity contribution in [3.05, 3.63) is 11.1 Å². The molecule has 0 saturated carbocycles. The van der Waals surface area contributed by atoms with Crippen molar-refractivity contribution in [3.8, 4) is 0 Å². The molecule has 0 aliphatic carbocycles. The molecule has 2 N–H and O–H groups in total. The Labute approximate surface area is 116 Å². The first-order valence-electron chi connectivity index (χ1n) is 6.12. The van der Waals surface area contributed by atoms with Crippen molar-refractivity contribution in [3.63, 3.8) is 0 Å². The van der Waals surface area contributed by atoms with E-state index >= 15 is 0 Å². The van der Waals surface area contributed by atoms with Gasteiger partial charge >= 0.3 is 0 Å². The number of anilines is 1. The lowest BCUT2D eigenvalue weighted by atomic mass is 10.4. The number of carbonyl (C=O) groups excluding carboxylic acids is 2. The second-order valence-electron chi connectivity index (χ2n) is 4.25. The zero-order chi connectivity index (χ0) is 14.3. The highest BCUT2D eigenvalue weighted by atomic mass is 32.1. The van der Waals surface area contributed by atoms with Crippen LogP contribution in [-0.4, -0.2) is 36.1 Å². The molecule has 1 aromatic rings. The fraction of sp³-hybridized carbons (Fsp3) is 0.583. The van der Waals surface area contributed by atoms with Crippen LogP contribution in [0.25, 0.3) is 0 Å². The highest BCUT2D eigenvalue weighted by molar-refractivity contribution is 7.14. The van der Waals surface area contributed by atoms with Crippen molar-refractivity contribution < 1.29 is 14.3 Å². The van der Waals surface area contributed by atoms with Gasteiger partial charge in [-0.15, -0.1) is 11.3 Å². The molecule has 0 aliphatic heterocycles. The third-order valence-corrected chi connectivity index (χ3v) is 2.84.